The summed E-state index contributed by atoms with van der Waals surface area (Å²) in [7, 11) is 0. The van der Waals surface area contributed by atoms with Gasteiger partial charge in [0, 0.05) is 45.7 Å². The molecule has 114 valence electrons. The van der Waals surface area contributed by atoms with Crippen LogP contribution in [0.3, 0.4) is 0 Å². The Balaban J connectivity index is 1.48. The van der Waals surface area contributed by atoms with Gasteiger partial charge in [0.25, 0.3) is 0 Å². The van der Waals surface area contributed by atoms with Gasteiger partial charge in [-0.1, -0.05) is 0 Å². The highest BCUT2D eigenvalue weighted by Gasteiger charge is 2.19. The molecule has 2 aliphatic heterocycles. The van der Waals surface area contributed by atoms with Crippen molar-refractivity contribution in [2.75, 3.05) is 32.8 Å². The Labute approximate surface area is 121 Å². The monoisotopic (exact) mass is 282 g/mol. The number of nitrogens with one attached hydrogen (secondary N) is 1. The zero-order valence-electron chi connectivity index (χ0n) is 12.2. The molecule has 2 heterocycles. The van der Waals surface area contributed by atoms with Crippen molar-refractivity contribution in [2.45, 2.75) is 44.9 Å². The van der Waals surface area contributed by atoms with Crippen LogP contribution in [0.5, 0.6) is 0 Å². The van der Waals surface area contributed by atoms with Crippen molar-refractivity contribution in [3.63, 3.8) is 0 Å². The fourth-order valence-corrected chi connectivity index (χ4v) is 2.91. The summed E-state index contributed by atoms with van der Waals surface area (Å²) >= 11 is 0. The highest BCUT2D eigenvalue weighted by molar-refractivity contribution is 5.78. The lowest BCUT2D eigenvalue weighted by molar-refractivity contribution is -0.128. The van der Waals surface area contributed by atoms with Crippen LogP contribution in [0.1, 0.15) is 44.9 Å². The van der Waals surface area contributed by atoms with Gasteiger partial charge in [-0.3, -0.25) is 9.59 Å². The lowest BCUT2D eigenvalue weighted by atomic mass is 9.99. The van der Waals surface area contributed by atoms with Gasteiger partial charge in [0.2, 0.25) is 11.8 Å². The Hall–Kier alpha value is -1.10. The molecule has 0 aromatic rings. The van der Waals surface area contributed by atoms with E-state index in [9.17, 15) is 9.59 Å². The molecule has 2 amide bonds. The van der Waals surface area contributed by atoms with E-state index in [1.165, 1.54) is 6.42 Å². The maximum atomic E-state index is 11.7. The molecule has 1 unspecified atom stereocenters. The van der Waals surface area contributed by atoms with Crippen molar-refractivity contribution in [1.82, 2.24) is 10.2 Å². The number of hydrogen-bond donors (Lipinski definition) is 1. The third-order valence-electron chi connectivity index (χ3n) is 4.13. The van der Waals surface area contributed by atoms with Gasteiger partial charge in [0.15, 0.2) is 0 Å². The summed E-state index contributed by atoms with van der Waals surface area (Å²) in [5, 5.41) is 2.97. The molecule has 0 aliphatic carbocycles. The van der Waals surface area contributed by atoms with E-state index >= 15 is 0 Å². The van der Waals surface area contributed by atoms with Gasteiger partial charge in [0.1, 0.15) is 0 Å². The Morgan fingerprint density at radius 3 is 3.00 bits per heavy atom. The van der Waals surface area contributed by atoms with Crippen LogP contribution in [-0.2, 0) is 14.3 Å². The Morgan fingerprint density at radius 2 is 2.30 bits per heavy atom. The minimum Gasteiger partial charge on any atom is -0.381 e. The normalized spacial score (nSPS) is 23.1. The number of nitrogens with zero attached hydrogens (tertiary/aromatic N) is 1. The van der Waals surface area contributed by atoms with Crippen molar-refractivity contribution in [3.05, 3.63) is 0 Å². The molecule has 5 heteroatoms. The van der Waals surface area contributed by atoms with Crippen LogP contribution in [-0.4, -0.2) is 49.6 Å². The summed E-state index contributed by atoms with van der Waals surface area (Å²) in [6.07, 6.45) is 6.30. The van der Waals surface area contributed by atoms with Crippen molar-refractivity contribution < 1.29 is 14.3 Å². The van der Waals surface area contributed by atoms with E-state index in [1.54, 1.807) is 0 Å². The van der Waals surface area contributed by atoms with Crippen LogP contribution in [0.15, 0.2) is 0 Å². The van der Waals surface area contributed by atoms with Crippen molar-refractivity contribution in [3.8, 4) is 0 Å². The van der Waals surface area contributed by atoms with Crippen LogP contribution < -0.4 is 5.32 Å². The number of likely N-dealkylation sites (tertiary alicyclic amines) is 1. The van der Waals surface area contributed by atoms with Gasteiger partial charge >= 0.3 is 0 Å². The molecule has 0 radical (unpaired) electrons. The molecule has 0 saturated carbocycles. The highest BCUT2D eigenvalue weighted by Crippen LogP contribution is 2.16. The second kappa shape index (κ2) is 8.25. The Bertz CT molecular complexity index is 327. The molecule has 2 saturated heterocycles. The molecule has 0 aromatic heterocycles. The maximum absolute atomic E-state index is 11.7. The summed E-state index contributed by atoms with van der Waals surface area (Å²) in [6, 6.07) is 0. The van der Waals surface area contributed by atoms with E-state index in [2.05, 4.69) is 5.32 Å². The lowest BCUT2D eigenvalue weighted by Crippen LogP contribution is -2.30. The zero-order chi connectivity index (χ0) is 14.2. The standard InChI is InChI=1S/C15H26N2O3/c18-14(5-1-9-17-10-2-6-15(17)19)16-8-7-13-4-3-11-20-12-13/h13H,1-12H2,(H,16,18). The fourth-order valence-electron chi connectivity index (χ4n) is 2.91. The predicted molar refractivity (Wildman–Crippen MR) is 76.2 cm³/mol. The topological polar surface area (TPSA) is 58.6 Å². The highest BCUT2D eigenvalue weighted by atomic mass is 16.5. The van der Waals surface area contributed by atoms with Gasteiger partial charge in [-0.2, -0.15) is 0 Å². The van der Waals surface area contributed by atoms with E-state index < -0.39 is 0 Å². The van der Waals surface area contributed by atoms with Crippen LogP contribution in [0.25, 0.3) is 0 Å². The quantitative estimate of drug-likeness (QED) is 0.766. The molecule has 2 rings (SSSR count). The van der Waals surface area contributed by atoms with E-state index in [4.69, 9.17) is 4.74 Å². The SMILES string of the molecule is O=C(CCCN1CCCC1=O)NCCC1CCCOC1. The van der Waals surface area contributed by atoms with Gasteiger partial charge in [-0.25, -0.2) is 0 Å². The first kappa shape index (κ1) is 15.3. The molecular formula is C15H26N2O3. The molecule has 1 N–H and O–H groups in total. The van der Waals surface area contributed by atoms with E-state index in [0.717, 1.165) is 58.5 Å². The fraction of sp³-hybridized carbons (Fsp3) is 0.867. The molecule has 0 bridgehead atoms. The number of amides is 2. The first-order valence-electron chi connectivity index (χ1n) is 7.88. The predicted octanol–water partition coefficient (Wildman–Crippen LogP) is 1.32. The Morgan fingerprint density at radius 1 is 1.40 bits per heavy atom. The van der Waals surface area contributed by atoms with Crippen LogP contribution in [0.2, 0.25) is 0 Å². The first-order valence-corrected chi connectivity index (χ1v) is 7.88. The zero-order valence-corrected chi connectivity index (χ0v) is 12.2. The maximum Gasteiger partial charge on any atom is 0.222 e. The summed E-state index contributed by atoms with van der Waals surface area (Å²) in [5.41, 5.74) is 0. The Kier molecular flexibility index (Phi) is 6.30. The second-order valence-electron chi connectivity index (χ2n) is 5.81. The third-order valence-corrected chi connectivity index (χ3v) is 4.13. The summed E-state index contributed by atoms with van der Waals surface area (Å²) in [5.74, 6) is 0.947. The lowest BCUT2D eigenvalue weighted by Gasteiger charge is -2.22. The minimum atomic E-state index is 0.105. The number of carbonyl (C=O) groups is 2. The van der Waals surface area contributed by atoms with E-state index in [0.29, 0.717) is 18.8 Å². The van der Waals surface area contributed by atoms with Crippen molar-refractivity contribution >= 4 is 11.8 Å². The molecule has 5 nitrogen and oxygen atoms in total. The summed E-state index contributed by atoms with van der Waals surface area (Å²) in [4.78, 5) is 25.0. The molecule has 0 spiro atoms. The van der Waals surface area contributed by atoms with Crippen LogP contribution in [0, 0.1) is 5.92 Å². The molecule has 2 aliphatic rings. The molecule has 2 fully saturated rings. The van der Waals surface area contributed by atoms with Crippen LogP contribution in [0.4, 0.5) is 0 Å². The van der Waals surface area contributed by atoms with Gasteiger partial charge in [0.05, 0.1) is 0 Å². The molecule has 1 atom stereocenters. The smallest absolute Gasteiger partial charge is 0.222 e. The largest absolute Gasteiger partial charge is 0.381 e. The number of rotatable bonds is 7. The van der Waals surface area contributed by atoms with E-state index in [-0.39, 0.29) is 11.8 Å². The second-order valence-corrected chi connectivity index (χ2v) is 5.81. The molecular weight excluding hydrogens is 256 g/mol. The average Bonchev–Trinajstić information content (AvgIpc) is 2.86. The van der Waals surface area contributed by atoms with E-state index in [1.807, 2.05) is 4.90 Å². The van der Waals surface area contributed by atoms with Gasteiger partial charge in [-0.15, -0.1) is 0 Å². The average molecular weight is 282 g/mol. The van der Waals surface area contributed by atoms with Gasteiger partial charge < -0.3 is 15.0 Å². The number of ether oxygens (including phenoxy) is 1. The summed E-state index contributed by atoms with van der Waals surface area (Å²) in [6.45, 7) is 4.06. The molecule has 20 heavy (non-hydrogen) atoms. The van der Waals surface area contributed by atoms with Crippen molar-refractivity contribution in [1.29, 1.82) is 0 Å². The van der Waals surface area contributed by atoms with Crippen molar-refractivity contribution in [2.24, 2.45) is 5.92 Å². The minimum absolute atomic E-state index is 0.105. The molecule has 0 aromatic carbocycles. The van der Waals surface area contributed by atoms with Gasteiger partial charge in [-0.05, 0) is 38.0 Å². The van der Waals surface area contributed by atoms with Crippen LogP contribution >= 0.6 is 0 Å². The summed E-state index contributed by atoms with van der Waals surface area (Å²) < 4.78 is 5.42. The first-order chi connectivity index (χ1) is 9.75. The number of hydrogen-bond acceptors (Lipinski definition) is 3. The number of carbonyl (C=O) groups excluding carboxylic acids is 2. The third kappa shape index (κ3) is 5.12.